The van der Waals surface area contributed by atoms with E-state index in [1.165, 1.54) is 11.1 Å². The molecule has 2 rings (SSSR count). The Hall–Kier alpha value is -2.20. The van der Waals surface area contributed by atoms with Crippen molar-refractivity contribution < 1.29 is 14.2 Å². The summed E-state index contributed by atoms with van der Waals surface area (Å²) in [7, 11) is 1.63. The summed E-state index contributed by atoms with van der Waals surface area (Å²) in [5, 5.41) is 0. The number of ether oxygens (including phenoxy) is 3. The Bertz CT molecular complexity index is 763. The van der Waals surface area contributed by atoms with Gasteiger partial charge in [-0.15, -0.1) is 0 Å². The third kappa shape index (κ3) is 5.41. The van der Waals surface area contributed by atoms with Crippen molar-refractivity contribution in [1.29, 1.82) is 0 Å². The number of rotatable bonds is 7. The van der Waals surface area contributed by atoms with Gasteiger partial charge in [-0.2, -0.15) is 0 Å². The molecule has 0 fully saturated rings. The second-order valence-electron chi connectivity index (χ2n) is 9.06. The minimum Gasteiger partial charge on any atom is -0.493 e. The second kappa shape index (κ2) is 8.87. The van der Waals surface area contributed by atoms with Gasteiger partial charge in [0.2, 0.25) is 0 Å². The molecule has 0 radical (unpaired) electrons. The van der Waals surface area contributed by atoms with Crippen molar-refractivity contribution in [2.24, 2.45) is 5.73 Å². The fourth-order valence-electron chi connectivity index (χ4n) is 3.05. The number of benzene rings is 2. The molecule has 0 heterocycles. The molecule has 4 nitrogen and oxygen atoms in total. The van der Waals surface area contributed by atoms with E-state index in [-0.39, 0.29) is 10.8 Å². The van der Waals surface area contributed by atoms with E-state index in [0.29, 0.717) is 31.3 Å². The van der Waals surface area contributed by atoms with Crippen molar-refractivity contribution in [2.45, 2.75) is 58.9 Å². The second-order valence-corrected chi connectivity index (χ2v) is 9.06. The van der Waals surface area contributed by atoms with E-state index in [1.54, 1.807) is 7.11 Å². The Morgan fingerprint density at radius 2 is 1.50 bits per heavy atom. The Morgan fingerprint density at radius 1 is 0.821 bits per heavy atom. The van der Waals surface area contributed by atoms with Crippen molar-refractivity contribution in [3.63, 3.8) is 0 Å². The van der Waals surface area contributed by atoms with E-state index >= 15 is 0 Å². The predicted molar refractivity (Wildman–Crippen MR) is 116 cm³/mol. The van der Waals surface area contributed by atoms with Crippen LogP contribution in [0.15, 0.2) is 36.4 Å². The number of hydrogen-bond acceptors (Lipinski definition) is 4. The third-order valence-corrected chi connectivity index (χ3v) is 4.74. The molecule has 0 bridgehead atoms. The van der Waals surface area contributed by atoms with Gasteiger partial charge in [0.15, 0.2) is 11.5 Å². The van der Waals surface area contributed by atoms with Gasteiger partial charge in [-0.05, 0) is 34.1 Å². The molecule has 0 amide bonds. The molecule has 0 aliphatic heterocycles. The topological polar surface area (TPSA) is 53.7 Å². The first-order chi connectivity index (χ1) is 13.1. The molecule has 0 unspecified atom stereocenters. The highest BCUT2D eigenvalue weighted by Gasteiger charge is 2.23. The van der Waals surface area contributed by atoms with Crippen LogP contribution in [0.1, 0.15) is 58.2 Å². The Morgan fingerprint density at radius 3 is 2.07 bits per heavy atom. The summed E-state index contributed by atoms with van der Waals surface area (Å²) in [6.07, 6.45) is 0. The lowest BCUT2D eigenvalue weighted by molar-refractivity contribution is 0.207. The van der Waals surface area contributed by atoms with E-state index in [2.05, 4.69) is 59.7 Å². The van der Waals surface area contributed by atoms with Crippen LogP contribution in [0.4, 0.5) is 0 Å². The Labute approximate surface area is 170 Å². The van der Waals surface area contributed by atoms with E-state index in [9.17, 15) is 0 Å². The fourth-order valence-corrected chi connectivity index (χ4v) is 3.05. The van der Waals surface area contributed by atoms with Crippen molar-refractivity contribution in [3.8, 4) is 17.2 Å². The van der Waals surface area contributed by atoms with Crippen LogP contribution < -0.4 is 19.9 Å². The Kier molecular flexibility index (Phi) is 7.00. The van der Waals surface area contributed by atoms with Crippen LogP contribution in [-0.2, 0) is 17.4 Å². The quantitative estimate of drug-likeness (QED) is 0.665. The van der Waals surface area contributed by atoms with Crippen LogP contribution in [0.25, 0.3) is 0 Å². The summed E-state index contributed by atoms with van der Waals surface area (Å²) in [6, 6.07) is 12.2. The van der Waals surface area contributed by atoms with Crippen molar-refractivity contribution in [2.75, 3.05) is 20.3 Å². The van der Waals surface area contributed by atoms with E-state index in [1.807, 2.05) is 18.2 Å². The van der Waals surface area contributed by atoms with Crippen molar-refractivity contribution in [3.05, 3.63) is 53.1 Å². The highest BCUT2D eigenvalue weighted by Crippen LogP contribution is 2.35. The van der Waals surface area contributed by atoms with Gasteiger partial charge in [-0.1, -0.05) is 65.8 Å². The molecule has 0 aromatic heterocycles. The first-order valence-corrected chi connectivity index (χ1v) is 9.84. The van der Waals surface area contributed by atoms with Gasteiger partial charge in [-0.3, -0.25) is 0 Å². The molecule has 2 aromatic rings. The van der Waals surface area contributed by atoms with Gasteiger partial charge in [0.25, 0.3) is 0 Å². The fraction of sp³-hybridized carbons (Fsp3) is 0.500. The molecule has 2 N–H and O–H groups in total. The lowest BCUT2D eigenvalue weighted by atomic mass is 9.80. The van der Waals surface area contributed by atoms with Gasteiger partial charge in [-0.25, -0.2) is 0 Å². The van der Waals surface area contributed by atoms with Crippen molar-refractivity contribution in [1.82, 2.24) is 0 Å². The maximum absolute atomic E-state index is 6.10. The smallest absolute Gasteiger partial charge is 0.165 e. The minimum atomic E-state index is -0.00712. The molecule has 28 heavy (non-hydrogen) atoms. The number of hydrogen-bond donors (Lipinski definition) is 1. The molecule has 0 aliphatic rings. The van der Waals surface area contributed by atoms with Crippen LogP contribution in [-0.4, -0.2) is 20.3 Å². The maximum atomic E-state index is 6.10. The van der Waals surface area contributed by atoms with Crippen LogP contribution in [0.2, 0.25) is 0 Å². The van der Waals surface area contributed by atoms with Crippen LogP contribution in [0.3, 0.4) is 0 Å². The summed E-state index contributed by atoms with van der Waals surface area (Å²) in [4.78, 5) is 0. The number of methoxy groups -OCH3 is 1. The van der Waals surface area contributed by atoms with Crippen molar-refractivity contribution >= 4 is 0 Å². The molecule has 2 aromatic carbocycles. The monoisotopic (exact) mass is 385 g/mol. The SMILES string of the molecule is COc1cccc(CN)c1OCCOc1ccc(C(C)(C)C)cc1C(C)(C)C. The highest BCUT2D eigenvalue weighted by atomic mass is 16.5. The summed E-state index contributed by atoms with van der Waals surface area (Å²) in [5.41, 5.74) is 9.35. The van der Waals surface area contributed by atoms with Gasteiger partial charge in [0.05, 0.1) is 7.11 Å². The number of nitrogens with two attached hydrogens (primary N) is 1. The first kappa shape index (κ1) is 22.1. The summed E-state index contributed by atoms with van der Waals surface area (Å²) in [6.45, 7) is 14.6. The third-order valence-electron chi connectivity index (χ3n) is 4.74. The van der Waals surface area contributed by atoms with Crippen LogP contribution >= 0.6 is 0 Å². The Balaban J connectivity index is 2.12. The molecular formula is C24H35NO3. The van der Waals surface area contributed by atoms with Crippen LogP contribution in [0.5, 0.6) is 17.2 Å². The zero-order valence-electron chi connectivity index (χ0n) is 18.4. The molecule has 0 spiro atoms. The van der Waals surface area contributed by atoms with Gasteiger partial charge in [0.1, 0.15) is 19.0 Å². The molecule has 0 aliphatic carbocycles. The molecule has 154 valence electrons. The molecule has 0 saturated carbocycles. The standard InChI is InChI=1S/C24H35NO3/c1-23(2,3)18-11-12-20(19(15-18)24(4,5)6)27-13-14-28-22-17(16-25)9-8-10-21(22)26-7/h8-12,15H,13-14,16,25H2,1-7H3. The lowest BCUT2D eigenvalue weighted by Gasteiger charge is -2.27. The average molecular weight is 386 g/mol. The van der Waals surface area contributed by atoms with E-state index in [0.717, 1.165) is 11.3 Å². The van der Waals surface area contributed by atoms with Gasteiger partial charge >= 0.3 is 0 Å². The molecular weight excluding hydrogens is 350 g/mol. The minimum absolute atomic E-state index is 0.00712. The van der Waals surface area contributed by atoms with Gasteiger partial charge in [0, 0.05) is 12.1 Å². The van der Waals surface area contributed by atoms with E-state index < -0.39 is 0 Å². The zero-order chi connectivity index (χ0) is 20.9. The zero-order valence-corrected chi connectivity index (χ0v) is 18.4. The molecule has 0 atom stereocenters. The van der Waals surface area contributed by atoms with Gasteiger partial charge < -0.3 is 19.9 Å². The summed E-state index contributed by atoms with van der Waals surface area (Å²) in [5.74, 6) is 2.28. The molecule has 4 heteroatoms. The highest BCUT2D eigenvalue weighted by molar-refractivity contribution is 5.46. The summed E-state index contributed by atoms with van der Waals surface area (Å²) < 4.78 is 17.4. The average Bonchev–Trinajstić information content (AvgIpc) is 2.63. The first-order valence-electron chi connectivity index (χ1n) is 9.84. The largest absolute Gasteiger partial charge is 0.493 e. The number of para-hydroxylation sites is 1. The molecule has 0 saturated heterocycles. The van der Waals surface area contributed by atoms with Crippen LogP contribution in [0, 0.1) is 0 Å². The normalized spacial score (nSPS) is 12.0. The van der Waals surface area contributed by atoms with E-state index in [4.69, 9.17) is 19.9 Å². The maximum Gasteiger partial charge on any atom is 0.165 e. The summed E-state index contributed by atoms with van der Waals surface area (Å²) >= 11 is 0. The predicted octanol–water partition coefficient (Wildman–Crippen LogP) is 5.21. The lowest BCUT2D eigenvalue weighted by Crippen LogP contribution is -2.19.